The number of piperidine rings is 1. The van der Waals surface area contributed by atoms with Crippen molar-refractivity contribution in [2.24, 2.45) is 5.92 Å². The quantitative estimate of drug-likeness (QED) is 0.432. The van der Waals surface area contributed by atoms with Gasteiger partial charge in [-0.1, -0.05) is 30.2 Å². The van der Waals surface area contributed by atoms with Crippen LogP contribution in [0.5, 0.6) is 0 Å². The van der Waals surface area contributed by atoms with E-state index in [2.05, 4.69) is 27.4 Å². The van der Waals surface area contributed by atoms with Crippen molar-refractivity contribution in [1.29, 1.82) is 0 Å². The van der Waals surface area contributed by atoms with Gasteiger partial charge in [-0.25, -0.2) is 0 Å². The third kappa shape index (κ3) is 4.37. The summed E-state index contributed by atoms with van der Waals surface area (Å²) in [6, 6.07) is 11.6. The lowest BCUT2D eigenvalue weighted by Gasteiger charge is -2.40. The van der Waals surface area contributed by atoms with Crippen LogP contribution in [0, 0.1) is 19.8 Å². The van der Waals surface area contributed by atoms with Crippen molar-refractivity contribution in [3.63, 3.8) is 0 Å². The number of aromatic nitrogens is 4. The SMILES string of the molecule is Cc1ccc(-n2ncc(C)n2)c(C(=O)N2CCCC(C)C2CNc2nc3cc(Cl)ccc3o2)c1. The number of rotatable bonds is 5. The molecule has 5 rings (SSSR count). The number of carbonyl (C=O) groups is 1. The Hall–Kier alpha value is -3.39. The molecule has 0 spiro atoms. The summed E-state index contributed by atoms with van der Waals surface area (Å²) < 4.78 is 5.82. The number of carbonyl (C=O) groups excluding carboxylic acids is 1. The Morgan fingerprint density at radius 1 is 1.24 bits per heavy atom. The van der Waals surface area contributed by atoms with Crippen molar-refractivity contribution in [2.45, 2.75) is 39.7 Å². The second kappa shape index (κ2) is 9.10. The number of likely N-dealkylation sites (tertiary alicyclic amines) is 1. The van der Waals surface area contributed by atoms with E-state index >= 15 is 0 Å². The van der Waals surface area contributed by atoms with Crippen LogP contribution in [0.3, 0.4) is 0 Å². The molecule has 1 aliphatic rings. The lowest BCUT2D eigenvalue weighted by Crippen LogP contribution is -2.51. The summed E-state index contributed by atoms with van der Waals surface area (Å²) in [6.45, 7) is 7.28. The standard InChI is InChI=1S/C25H27ClN6O2/c1-15-6-8-21(32-28-13-17(3)30-32)19(11-15)24(33)31-10-4-5-16(2)22(31)14-27-25-29-20-12-18(26)7-9-23(20)34-25/h6-9,11-13,16,22H,4-5,10,14H2,1-3H3,(H,27,29). The van der Waals surface area contributed by atoms with Gasteiger partial charge < -0.3 is 14.6 Å². The number of fused-ring (bicyclic) bond motifs is 1. The van der Waals surface area contributed by atoms with Crippen LogP contribution in [-0.2, 0) is 0 Å². The Balaban J connectivity index is 1.41. The normalized spacial score (nSPS) is 18.4. The Labute approximate surface area is 202 Å². The minimum atomic E-state index is -0.0173. The van der Waals surface area contributed by atoms with Gasteiger partial charge in [0.1, 0.15) is 5.52 Å². The maximum atomic E-state index is 13.9. The van der Waals surface area contributed by atoms with E-state index < -0.39 is 0 Å². The molecule has 2 aromatic heterocycles. The van der Waals surface area contributed by atoms with Crippen molar-refractivity contribution in [3.8, 4) is 5.69 Å². The summed E-state index contributed by atoms with van der Waals surface area (Å²) in [5, 5.41) is 12.7. The molecule has 8 nitrogen and oxygen atoms in total. The van der Waals surface area contributed by atoms with Crippen molar-refractivity contribution in [2.75, 3.05) is 18.4 Å². The van der Waals surface area contributed by atoms with E-state index in [0.717, 1.165) is 24.1 Å². The molecule has 4 aromatic rings. The topological polar surface area (TPSA) is 89.1 Å². The van der Waals surface area contributed by atoms with Gasteiger partial charge in [0, 0.05) is 18.1 Å². The van der Waals surface area contributed by atoms with E-state index in [0.29, 0.717) is 52.4 Å². The van der Waals surface area contributed by atoms with Gasteiger partial charge >= 0.3 is 0 Å². The maximum absolute atomic E-state index is 13.9. The zero-order valence-corrected chi connectivity index (χ0v) is 20.2. The monoisotopic (exact) mass is 478 g/mol. The number of amides is 1. The van der Waals surface area contributed by atoms with Gasteiger partial charge in [-0.2, -0.15) is 20.0 Å². The van der Waals surface area contributed by atoms with Crippen molar-refractivity contribution in [3.05, 3.63) is 64.4 Å². The van der Waals surface area contributed by atoms with E-state index in [1.165, 1.54) is 4.80 Å². The molecular weight excluding hydrogens is 452 g/mol. The largest absolute Gasteiger partial charge is 0.424 e. The molecule has 1 aliphatic heterocycles. The zero-order chi connectivity index (χ0) is 23.8. The predicted molar refractivity (Wildman–Crippen MR) is 132 cm³/mol. The molecule has 0 aliphatic carbocycles. The fraction of sp³-hybridized carbons (Fsp3) is 0.360. The first-order valence-corrected chi connectivity index (χ1v) is 11.9. The molecule has 34 heavy (non-hydrogen) atoms. The van der Waals surface area contributed by atoms with Crippen LogP contribution in [-0.4, -0.2) is 49.9 Å². The molecule has 1 N–H and O–H groups in total. The van der Waals surface area contributed by atoms with Crippen LogP contribution in [0.25, 0.3) is 16.8 Å². The summed E-state index contributed by atoms with van der Waals surface area (Å²) in [7, 11) is 0. The van der Waals surface area contributed by atoms with Gasteiger partial charge in [-0.15, -0.1) is 0 Å². The number of anilines is 1. The lowest BCUT2D eigenvalue weighted by atomic mass is 9.90. The first kappa shape index (κ1) is 22.4. The molecule has 9 heteroatoms. The minimum absolute atomic E-state index is 0.0134. The maximum Gasteiger partial charge on any atom is 0.295 e. The van der Waals surface area contributed by atoms with Gasteiger partial charge in [-0.05, 0) is 62.9 Å². The molecule has 3 heterocycles. The lowest BCUT2D eigenvalue weighted by molar-refractivity contribution is 0.0539. The Morgan fingerprint density at radius 3 is 2.88 bits per heavy atom. The van der Waals surface area contributed by atoms with Crippen LogP contribution < -0.4 is 5.32 Å². The number of hydrogen-bond donors (Lipinski definition) is 1. The summed E-state index contributed by atoms with van der Waals surface area (Å²) in [5.41, 5.74) is 4.47. The van der Waals surface area contributed by atoms with E-state index in [4.69, 9.17) is 16.0 Å². The average Bonchev–Trinajstić information content (AvgIpc) is 3.43. The molecule has 2 atom stereocenters. The van der Waals surface area contributed by atoms with Crippen LogP contribution >= 0.6 is 11.6 Å². The Kier molecular flexibility index (Phi) is 6.00. The molecule has 1 amide bonds. The van der Waals surface area contributed by atoms with Crippen molar-refractivity contribution < 1.29 is 9.21 Å². The number of halogens is 1. The van der Waals surface area contributed by atoms with E-state index in [-0.39, 0.29) is 11.9 Å². The third-order valence-corrected chi connectivity index (χ3v) is 6.63. The second-order valence-electron chi connectivity index (χ2n) is 8.99. The van der Waals surface area contributed by atoms with E-state index in [1.807, 2.05) is 36.9 Å². The molecule has 0 saturated carbocycles. The average molecular weight is 479 g/mol. The van der Waals surface area contributed by atoms with Crippen LogP contribution in [0.4, 0.5) is 6.01 Å². The Bertz CT molecular complexity index is 1350. The fourth-order valence-electron chi connectivity index (χ4n) is 4.59. The highest BCUT2D eigenvalue weighted by Crippen LogP contribution is 2.28. The van der Waals surface area contributed by atoms with Gasteiger partial charge in [0.15, 0.2) is 5.58 Å². The minimum Gasteiger partial charge on any atom is -0.424 e. The Morgan fingerprint density at radius 2 is 2.09 bits per heavy atom. The molecule has 0 bridgehead atoms. The van der Waals surface area contributed by atoms with E-state index in [1.54, 1.807) is 24.4 Å². The highest BCUT2D eigenvalue weighted by Gasteiger charge is 2.34. The number of nitrogens with zero attached hydrogens (tertiary/aromatic N) is 5. The first-order chi connectivity index (χ1) is 16.4. The van der Waals surface area contributed by atoms with Gasteiger partial charge in [-0.3, -0.25) is 4.79 Å². The number of nitrogens with one attached hydrogen (secondary N) is 1. The highest BCUT2D eigenvalue weighted by molar-refractivity contribution is 6.31. The molecule has 176 valence electrons. The number of aryl methyl sites for hydroxylation is 2. The fourth-order valence-corrected chi connectivity index (χ4v) is 4.75. The van der Waals surface area contributed by atoms with Gasteiger partial charge in [0.2, 0.25) is 0 Å². The smallest absolute Gasteiger partial charge is 0.295 e. The second-order valence-corrected chi connectivity index (χ2v) is 9.43. The summed E-state index contributed by atoms with van der Waals surface area (Å²) in [6.07, 6.45) is 3.71. The van der Waals surface area contributed by atoms with Crippen molar-refractivity contribution >= 4 is 34.6 Å². The van der Waals surface area contributed by atoms with Crippen LogP contribution in [0.1, 0.15) is 41.4 Å². The summed E-state index contributed by atoms with van der Waals surface area (Å²) in [5.74, 6) is 0.304. The van der Waals surface area contributed by atoms with Gasteiger partial charge in [0.05, 0.1) is 29.2 Å². The highest BCUT2D eigenvalue weighted by atomic mass is 35.5. The third-order valence-electron chi connectivity index (χ3n) is 6.39. The van der Waals surface area contributed by atoms with Crippen LogP contribution in [0.15, 0.2) is 47.0 Å². The first-order valence-electron chi connectivity index (χ1n) is 11.5. The molecule has 0 radical (unpaired) electrons. The van der Waals surface area contributed by atoms with Gasteiger partial charge in [0.25, 0.3) is 11.9 Å². The summed E-state index contributed by atoms with van der Waals surface area (Å²) in [4.78, 5) is 21.9. The number of benzene rings is 2. The molecule has 1 saturated heterocycles. The van der Waals surface area contributed by atoms with E-state index in [9.17, 15) is 4.79 Å². The number of oxazole rings is 1. The van der Waals surface area contributed by atoms with Crippen molar-refractivity contribution in [1.82, 2.24) is 24.9 Å². The summed E-state index contributed by atoms with van der Waals surface area (Å²) >= 11 is 6.07. The molecule has 2 unspecified atom stereocenters. The van der Waals surface area contributed by atoms with Crippen LogP contribution in [0.2, 0.25) is 5.02 Å². The zero-order valence-electron chi connectivity index (χ0n) is 19.5. The molecular formula is C25H27ClN6O2. The molecule has 2 aromatic carbocycles. The molecule has 1 fully saturated rings. The number of hydrogen-bond acceptors (Lipinski definition) is 6. The predicted octanol–water partition coefficient (Wildman–Crippen LogP) is 5.03.